The average molecular weight is 436 g/mol. The van der Waals surface area contributed by atoms with E-state index in [0.29, 0.717) is 38.3 Å². The number of hydrogen-bond acceptors (Lipinski definition) is 7. The summed E-state index contributed by atoms with van der Waals surface area (Å²) in [6.45, 7) is 11.7. The summed E-state index contributed by atoms with van der Waals surface area (Å²) in [7, 11) is 1.34. The van der Waals surface area contributed by atoms with Crippen LogP contribution in [0.15, 0.2) is 6.07 Å². The first-order valence-corrected chi connectivity index (χ1v) is 10.3. The first-order valence-electron chi connectivity index (χ1n) is 10.3. The number of carbonyl (C=O) groups is 3. The van der Waals surface area contributed by atoms with Gasteiger partial charge in [-0.2, -0.15) is 0 Å². The first kappa shape index (κ1) is 24.5. The van der Waals surface area contributed by atoms with E-state index < -0.39 is 17.5 Å². The molecule has 1 fully saturated rings. The minimum Gasteiger partial charge on any atom is -0.480 e. The number of carboxylic acid groups (broad SMARTS) is 1. The molecule has 31 heavy (non-hydrogen) atoms. The van der Waals surface area contributed by atoms with E-state index in [-0.39, 0.29) is 12.6 Å². The van der Waals surface area contributed by atoms with Gasteiger partial charge < -0.3 is 29.7 Å². The lowest BCUT2D eigenvalue weighted by atomic mass is 9.95. The lowest BCUT2D eigenvalue weighted by Crippen LogP contribution is -2.50. The van der Waals surface area contributed by atoms with Crippen molar-refractivity contribution in [3.8, 4) is 0 Å². The minimum atomic E-state index is -0.948. The Balaban J connectivity index is 2.27. The Kier molecular flexibility index (Phi) is 7.89. The van der Waals surface area contributed by atoms with Crippen LogP contribution >= 0.6 is 0 Å². The molecule has 1 aliphatic rings. The van der Waals surface area contributed by atoms with Crippen LogP contribution in [0.5, 0.6) is 0 Å². The molecule has 1 saturated heterocycles. The molecule has 9 heteroatoms. The van der Waals surface area contributed by atoms with Crippen LogP contribution in [0, 0.1) is 13.8 Å². The number of benzene rings is 1. The molecule has 0 bridgehead atoms. The van der Waals surface area contributed by atoms with Gasteiger partial charge in [0, 0.05) is 38.4 Å². The molecule has 9 nitrogen and oxygen atoms in total. The highest BCUT2D eigenvalue weighted by Crippen LogP contribution is 2.32. The largest absolute Gasteiger partial charge is 0.480 e. The highest BCUT2D eigenvalue weighted by Gasteiger charge is 2.28. The van der Waals surface area contributed by atoms with Crippen molar-refractivity contribution in [3.05, 3.63) is 28.3 Å². The first-order chi connectivity index (χ1) is 14.4. The maximum absolute atomic E-state index is 12.4. The zero-order valence-electron chi connectivity index (χ0n) is 19.2. The van der Waals surface area contributed by atoms with E-state index >= 15 is 0 Å². The Hall–Kier alpha value is -2.81. The normalized spacial score (nSPS) is 14.4. The van der Waals surface area contributed by atoms with Crippen molar-refractivity contribution >= 4 is 23.7 Å². The Morgan fingerprint density at radius 1 is 1.10 bits per heavy atom. The number of esters is 1. The Labute approximate surface area is 183 Å². The van der Waals surface area contributed by atoms with Gasteiger partial charge in [0.2, 0.25) is 0 Å². The fourth-order valence-corrected chi connectivity index (χ4v) is 3.67. The number of aliphatic carboxylic acids is 1. The summed E-state index contributed by atoms with van der Waals surface area (Å²) >= 11 is 0. The van der Waals surface area contributed by atoms with Crippen molar-refractivity contribution in [1.82, 2.24) is 10.2 Å². The van der Waals surface area contributed by atoms with E-state index in [2.05, 4.69) is 10.2 Å². The van der Waals surface area contributed by atoms with Gasteiger partial charge in [-0.1, -0.05) is 0 Å². The van der Waals surface area contributed by atoms with Crippen LogP contribution < -0.4 is 10.2 Å². The molecule has 1 heterocycles. The smallest absolute Gasteiger partial charge is 0.410 e. The summed E-state index contributed by atoms with van der Waals surface area (Å²) in [5.41, 5.74) is 3.42. The zero-order chi connectivity index (χ0) is 23.3. The zero-order valence-corrected chi connectivity index (χ0v) is 19.2. The highest BCUT2D eigenvalue weighted by molar-refractivity contribution is 5.94. The van der Waals surface area contributed by atoms with E-state index in [1.165, 1.54) is 7.11 Å². The third-order valence-electron chi connectivity index (χ3n) is 5.16. The molecule has 0 aromatic heterocycles. The van der Waals surface area contributed by atoms with Crippen LogP contribution in [-0.2, 0) is 20.8 Å². The molecule has 1 aliphatic heterocycles. The molecule has 1 amide bonds. The molecule has 1 aromatic rings. The topological polar surface area (TPSA) is 108 Å². The van der Waals surface area contributed by atoms with Gasteiger partial charge in [0.1, 0.15) is 5.60 Å². The van der Waals surface area contributed by atoms with Crippen LogP contribution in [0.4, 0.5) is 10.5 Å². The number of amides is 1. The summed E-state index contributed by atoms with van der Waals surface area (Å²) in [5, 5.41) is 11.8. The summed E-state index contributed by atoms with van der Waals surface area (Å²) in [5.74, 6) is -1.39. The van der Waals surface area contributed by atoms with Crippen LogP contribution in [0.1, 0.15) is 47.8 Å². The van der Waals surface area contributed by atoms with E-state index in [0.717, 1.165) is 22.4 Å². The second kappa shape index (κ2) is 10.00. The number of ether oxygens (including phenoxy) is 2. The fourth-order valence-electron chi connectivity index (χ4n) is 3.67. The lowest BCUT2D eigenvalue weighted by Gasteiger charge is -2.38. The molecule has 0 radical (unpaired) electrons. The second-order valence-electron chi connectivity index (χ2n) is 8.63. The van der Waals surface area contributed by atoms with Crippen molar-refractivity contribution in [3.63, 3.8) is 0 Å². The van der Waals surface area contributed by atoms with E-state index in [1.54, 1.807) is 11.0 Å². The number of carbonyl (C=O) groups excluding carboxylic acids is 2. The highest BCUT2D eigenvalue weighted by atomic mass is 16.6. The third kappa shape index (κ3) is 6.33. The van der Waals surface area contributed by atoms with E-state index in [4.69, 9.17) is 14.6 Å². The Morgan fingerprint density at radius 3 is 2.23 bits per heavy atom. The second-order valence-corrected chi connectivity index (χ2v) is 8.63. The molecule has 2 rings (SSSR count). The standard InChI is InChI=1S/C22H33N3O6/c1-14-16(12-23-13-18(26)27)11-17(20(28)30-6)15(2)19(14)24-7-9-25(10-8-24)21(29)31-22(3,4)5/h11,23H,7-10,12-13H2,1-6H3,(H,26,27). The molecule has 0 spiro atoms. The van der Waals surface area contributed by atoms with Gasteiger partial charge in [0.15, 0.2) is 0 Å². The molecule has 172 valence electrons. The molecule has 0 atom stereocenters. The van der Waals surface area contributed by atoms with Gasteiger partial charge in [-0.25, -0.2) is 9.59 Å². The number of anilines is 1. The molecule has 0 aliphatic carbocycles. The number of methoxy groups -OCH3 is 1. The number of hydrogen-bond donors (Lipinski definition) is 2. The number of nitrogens with zero attached hydrogens (tertiary/aromatic N) is 2. The molecular formula is C22H33N3O6. The number of carboxylic acids is 1. The molecular weight excluding hydrogens is 402 g/mol. The monoisotopic (exact) mass is 435 g/mol. The predicted molar refractivity (Wildman–Crippen MR) is 117 cm³/mol. The Morgan fingerprint density at radius 2 is 1.71 bits per heavy atom. The predicted octanol–water partition coefficient (Wildman–Crippen LogP) is 2.32. The summed E-state index contributed by atoms with van der Waals surface area (Å²) in [4.78, 5) is 39.4. The van der Waals surface area contributed by atoms with Gasteiger partial charge in [0.25, 0.3) is 0 Å². The summed E-state index contributed by atoms with van der Waals surface area (Å²) in [6, 6.07) is 1.76. The van der Waals surface area contributed by atoms with Gasteiger partial charge >= 0.3 is 18.0 Å². The SMILES string of the molecule is COC(=O)c1cc(CNCC(=O)O)c(C)c(N2CCN(C(=O)OC(C)(C)C)CC2)c1C. The van der Waals surface area contributed by atoms with Crippen molar-refractivity contribution in [2.75, 3.05) is 44.7 Å². The maximum Gasteiger partial charge on any atom is 0.410 e. The van der Waals surface area contributed by atoms with Gasteiger partial charge in [-0.05, 0) is 57.4 Å². The summed E-state index contributed by atoms with van der Waals surface area (Å²) in [6.07, 6.45) is -0.331. The Bertz CT molecular complexity index is 839. The van der Waals surface area contributed by atoms with Crippen LogP contribution in [-0.4, -0.2) is 73.5 Å². The number of rotatable bonds is 6. The molecule has 2 N–H and O–H groups in total. The van der Waals surface area contributed by atoms with Gasteiger partial charge in [-0.3, -0.25) is 4.79 Å². The van der Waals surface area contributed by atoms with Crippen molar-refractivity contribution in [2.24, 2.45) is 0 Å². The van der Waals surface area contributed by atoms with Crippen molar-refractivity contribution in [2.45, 2.75) is 46.8 Å². The van der Waals surface area contributed by atoms with Crippen LogP contribution in [0.25, 0.3) is 0 Å². The maximum atomic E-state index is 12.4. The van der Waals surface area contributed by atoms with Crippen LogP contribution in [0.3, 0.4) is 0 Å². The molecule has 1 aromatic carbocycles. The van der Waals surface area contributed by atoms with Gasteiger partial charge in [-0.15, -0.1) is 0 Å². The number of piperazine rings is 1. The molecule has 0 unspecified atom stereocenters. The van der Waals surface area contributed by atoms with Crippen molar-refractivity contribution in [1.29, 1.82) is 0 Å². The minimum absolute atomic E-state index is 0.176. The summed E-state index contributed by atoms with van der Waals surface area (Å²) < 4.78 is 10.4. The lowest BCUT2D eigenvalue weighted by molar-refractivity contribution is -0.136. The molecule has 0 saturated carbocycles. The van der Waals surface area contributed by atoms with Crippen LogP contribution in [0.2, 0.25) is 0 Å². The van der Waals surface area contributed by atoms with Gasteiger partial charge in [0.05, 0.1) is 19.2 Å². The average Bonchev–Trinajstić information content (AvgIpc) is 2.68. The third-order valence-corrected chi connectivity index (χ3v) is 5.16. The van der Waals surface area contributed by atoms with E-state index in [9.17, 15) is 14.4 Å². The van der Waals surface area contributed by atoms with Crippen molar-refractivity contribution < 1.29 is 29.0 Å². The fraction of sp³-hybridized carbons (Fsp3) is 0.591. The quantitative estimate of drug-likeness (QED) is 0.656. The van der Waals surface area contributed by atoms with E-state index in [1.807, 2.05) is 34.6 Å². The number of nitrogens with one attached hydrogen (secondary N) is 1.